The zero-order valence-corrected chi connectivity index (χ0v) is 15.4. The molecule has 5 unspecified atom stereocenters. The van der Waals surface area contributed by atoms with Gasteiger partial charge in [0.1, 0.15) is 24.3 Å². The highest BCUT2D eigenvalue weighted by molar-refractivity contribution is 5.85. The van der Waals surface area contributed by atoms with E-state index in [2.05, 4.69) is 5.32 Å². The SMILES string of the molecule is CCCC(=O)NC1C(O)OC(CO)C(O)C1OC(=O)[C@@H](N)C(C)C.Cl. The molecule has 0 bridgehead atoms. The van der Waals surface area contributed by atoms with Gasteiger partial charge in [0.25, 0.3) is 0 Å². The Morgan fingerprint density at radius 1 is 1.32 bits per heavy atom. The van der Waals surface area contributed by atoms with E-state index in [0.29, 0.717) is 6.42 Å². The van der Waals surface area contributed by atoms with Gasteiger partial charge in [-0.1, -0.05) is 20.8 Å². The summed E-state index contributed by atoms with van der Waals surface area (Å²) in [5, 5.41) is 32.0. The number of hydrogen-bond donors (Lipinski definition) is 5. The summed E-state index contributed by atoms with van der Waals surface area (Å²) in [4.78, 5) is 23.9. The monoisotopic (exact) mass is 384 g/mol. The molecular formula is C15H29ClN2O7. The van der Waals surface area contributed by atoms with Crippen molar-refractivity contribution in [1.82, 2.24) is 5.32 Å². The van der Waals surface area contributed by atoms with Crippen LogP contribution in [0.4, 0.5) is 0 Å². The third-order valence-electron chi connectivity index (χ3n) is 3.92. The van der Waals surface area contributed by atoms with Gasteiger partial charge < -0.3 is 35.8 Å². The van der Waals surface area contributed by atoms with Crippen LogP contribution in [0.3, 0.4) is 0 Å². The molecule has 1 amide bonds. The van der Waals surface area contributed by atoms with E-state index in [1.807, 2.05) is 6.92 Å². The number of amides is 1. The van der Waals surface area contributed by atoms with Gasteiger partial charge >= 0.3 is 5.97 Å². The number of carbonyl (C=O) groups excluding carboxylic acids is 2. The van der Waals surface area contributed by atoms with Gasteiger partial charge in [0.2, 0.25) is 5.91 Å². The number of hydrogen-bond acceptors (Lipinski definition) is 8. The standard InChI is InChI=1S/C15H28N2O7.ClH/c1-4-5-9(19)17-11-13(24-14(21)10(16)7(2)3)12(20)8(6-18)23-15(11)22;/h7-8,10-13,15,18,20,22H,4-6,16H2,1-3H3,(H,17,19);1H/t8?,10-,11?,12?,13?,15?;/m0./s1. The summed E-state index contributed by atoms with van der Waals surface area (Å²) in [5.74, 6) is -1.34. The minimum atomic E-state index is -1.54. The van der Waals surface area contributed by atoms with Crippen LogP contribution in [0.1, 0.15) is 33.6 Å². The van der Waals surface area contributed by atoms with Crippen molar-refractivity contribution in [1.29, 1.82) is 0 Å². The van der Waals surface area contributed by atoms with Crippen LogP contribution in [0.2, 0.25) is 0 Å². The van der Waals surface area contributed by atoms with Crippen LogP contribution in [0, 0.1) is 5.92 Å². The summed E-state index contributed by atoms with van der Waals surface area (Å²) in [5.41, 5.74) is 5.73. The predicted molar refractivity (Wildman–Crippen MR) is 90.8 cm³/mol. The Kier molecular flexibility index (Phi) is 10.5. The second-order valence-corrected chi connectivity index (χ2v) is 6.25. The fourth-order valence-corrected chi connectivity index (χ4v) is 2.35. The lowest BCUT2D eigenvalue weighted by molar-refractivity contribution is -0.259. The molecule has 1 aliphatic heterocycles. The van der Waals surface area contributed by atoms with E-state index >= 15 is 0 Å². The highest BCUT2D eigenvalue weighted by Gasteiger charge is 2.47. The molecule has 1 aliphatic rings. The number of aliphatic hydroxyl groups is 3. The fraction of sp³-hybridized carbons (Fsp3) is 0.867. The van der Waals surface area contributed by atoms with Gasteiger partial charge in [-0.25, -0.2) is 0 Å². The lowest BCUT2D eigenvalue weighted by atomic mass is 9.96. The molecule has 6 atom stereocenters. The molecule has 0 saturated carbocycles. The average molecular weight is 385 g/mol. The van der Waals surface area contributed by atoms with E-state index in [1.165, 1.54) is 0 Å². The van der Waals surface area contributed by atoms with E-state index in [4.69, 9.17) is 15.2 Å². The number of carbonyl (C=O) groups is 2. The molecule has 1 rings (SSSR count). The molecule has 0 aromatic heterocycles. The van der Waals surface area contributed by atoms with Gasteiger partial charge in [0.15, 0.2) is 12.4 Å². The van der Waals surface area contributed by atoms with Gasteiger partial charge in [-0.3, -0.25) is 9.59 Å². The largest absolute Gasteiger partial charge is 0.456 e. The highest BCUT2D eigenvalue weighted by atomic mass is 35.5. The molecule has 1 saturated heterocycles. The number of ether oxygens (including phenoxy) is 2. The quantitative estimate of drug-likeness (QED) is 0.338. The summed E-state index contributed by atoms with van der Waals surface area (Å²) in [6.07, 6.45) is -4.61. The lowest BCUT2D eigenvalue weighted by Crippen LogP contribution is -2.65. The molecule has 0 aromatic carbocycles. The second kappa shape index (κ2) is 10.9. The molecule has 9 nitrogen and oxygen atoms in total. The molecule has 0 radical (unpaired) electrons. The Labute approximate surface area is 153 Å². The second-order valence-electron chi connectivity index (χ2n) is 6.25. The summed E-state index contributed by atoms with van der Waals surface area (Å²) in [7, 11) is 0. The molecule has 0 aliphatic carbocycles. The van der Waals surface area contributed by atoms with Gasteiger partial charge in [-0.15, -0.1) is 12.4 Å². The Hall–Kier alpha value is -0.970. The highest BCUT2D eigenvalue weighted by Crippen LogP contribution is 2.23. The first-order valence-corrected chi connectivity index (χ1v) is 8.10. The Morgan fingerprint density at radius 2 is 1.92 bits per heavy atom. The summed E-state index contributed by atoms with van der Waals surface area (Å²) >= 11 is 0. The molecule has 25 heavy (non-hydrogen) atoms. The number of aliphatic hydroxyl groups excluding tert-OH is 3. The first kappa shape index (κ1) is 24.0. The number of nitrogens with one attached hydrogen (secondary N) is 1. The number of nitrogens with two attached hydrogens (primary N) is 1. The molecular weight excluding hydrogens is 356 g/mol. The van der Waals surface area contributed by atoms with Gasteiger partial charge in [-0.2, -0.15) is 0 Å². The van der Waals surface area contributed by atoms with Gasteiger partial charge in [-0.05, 0) is 12.3 Å². The van der Waals surface area contributed by atoms with Gasteiger partial charge in [0, 0.05) is 6.42 Å². The van der Waals surface area contributed by atoms with Crippen LogP contribution in [-0.4, -0.2) is 70.5 Å². The maximum Gasteiger partial charge on any atom is 0.323 e. The summed E-state index contributed by atoms with van der Waals surface area (Å²) < 4.78 is 10.3. The number of esters is 1. The lowest BCUT2D eigenvalue weighted by Gasteiger charge is -2.42. The van der Waals surface area contributed by atoms with E-state index in [1.54, 1.807) is 13.8 Å². The van der Waals surface area contributed by atoms with Crippen LogP contribution in [-0.2, 0) is 19.1 Å². The molecule has 1 fully saturated rings. The first-order chi connectivity index (χ1) is 11.2. The van der Waals surface area contributed by atoms with Crippen molar-refractivity contribution in [2.24, 2.45) is 11.7 Å². The Bertz CT molecular complexity index is 438. The van der Waals surface area contributed by atoms with Crippen LogP contribution >= 0.6 is 12.4 Å². The van der Waals surface area contributed by atoms with E-state index in [9.17, 15) is 24.9 Å². The minimum absolute atomic E-state index is 0. The van der Waals surface area contributed by atoms with Crippen molar-refractivity contribution >= 4 is 24.3 Å². The predicted octanol–water partition coefficient (Wildman–Crippen LogP) is -1.34. The van der Waals surface area contributed by atoms with Gasteiger partial charge in [0.05, 0.1) is 6.61 Å². The maximum absolute atomic E-state index is 12.1. The molecule has 6 N–H and O–H groups in total. The van der Waals surface area contributed by atoms with Crippen LogP contribution in [0.5, 0.6) is 0 Å². The van der Waals surface area contributed by atoms with Crippen LogP contribution in [0.25, 0.3) is 0 Å². The van der Waals surface area contributed by atoms with E-state index in [-0.39, 0.29) is 30.7 Å². The third kappa shape index (κ3) is 6.36. The molecule has 10 heteroatoms. The normalized spacial score (nSPS) is 30.3. The van der Waals surface area contributed by atoms with Crippen molar-refractivity contribution in [2.75, 3.05) is 6.61 Å². The third-order valence-corrected chi connectivity index (χ3v) is 3.92. The first-order valence-electron chi connectivity index (χ1n) is 8.10. The molecule has 0 spiro atoms. The summed E-state index contributed by atoms with van der Waals surface area (Å²) in [6, 6.07) is -2.08. The Morgan fingerprint density at radius 3 is 2.40 bits per heavy atom. The van der Waals surface area contributed by atoms with Crippen molar-refractivity contribution in [3.8, 4) is 0 Å². The number of halogens is 1. The zero-order valence-electron chi connectivity index (χ0n) is 14.6. The molecule has 0 aromatic rings. The zero-order chi connectivity index (χ0) is 18.4. The smallest absolute Gasteiger partial charge is 0.323 e. The topological polar surface area (TPSA) is 151 Å². The van der Waals surface area contributed by atoms with Crippen molar-refractivity contribution in [2.45, 2.75) is 70.3 Å². The molecule has 148 valence electrons. The number of rotatable bonds is 7. The van der Waals surface area contributed by atoms with Crippen LogP contribution in [0.15, 0.2) is 0 Å². The summed E-state index contributed by atoms with van der Waals surface area (Å²) in [6.45, 7) is 4.69. The Balaban J connectivity index is 0.00000576. The molecule has 1 heterocycles. The van der Waals surface area contributed by atoms with Crippen LogP contribution < -0.4 is 11.1 Å². The van der Waals surface area contributed by atoms with E-state index < -0.39 is 49.3 Å². The van der Waals surface area contributed by atoms with Crippen molar-refractivity contribution in [3.05, 3.63) is 0 Å². The average Bonchev–Trinajstić information content (AvgIpc) is 2.52. The fourth-order valence-electron chi connectivity index (χ4n) is 2.35. The maximum atomic E-state index is 12.1. The van der Waals surface area contributed by atoms with E-state index in [0.717, 1.165) is 0 Å². The van der Waals surface area contributed by atoms with Crippen molar-refractivity contribution < 1.29 is 34.4 Å². The minimum Gasteiger partial charge on any atom is -0.456 e. The van der Waals surface area contributed by atoms with Crippen molar-refractivity contribution in [3.63, 3.8) is 0 Å².